The van der Waals surface area contributed by atoms with Crippen LogP contribution in [-0.2, 0) is 9.53 Å². The van der Waals surface area contributed by atoms with Gasteiger partial charge in [0.15, 0.2) is 5.82 Å². The summed E-state index contributed by atoms with van der Waals surface area (Å²) in [4.78, 5) is 17.1. The lowest BCUT2D eigenvalue weighted by Gasteiger charge is -2.34. The Morgan fingerprint density at radius 3 is 2.68 bits per heavy atom. The molecule has 3 aliphatic rings. The fourth-order valence-corrected chi connectivity index (χ4v) is 4.29. The standard InChI is InChI=1S/C19H28N4O2/c1-13-5-8-22(9-6-13)19(24)16-11-15-7-10-23(12-17(15)25-16)18-4-3-14(2)20-21-18/h3-4,13,15-17H,5-12H2,1-2H3/t15-,16+,17-/m0/s1. The van der Waals surface area contributed by atoms with Crippen LogP contribution in [0.25, 0.3) is 0 Å². The number of ether oxygens (including phenoxy) is 1. The second kappa shape index (κ2) is 6.90. The lowest BCUT2D eigenvalue weighted by Crippen LogP contribution is -2.44. The molecular formula is C19H28N4O2. The maximum absolute atomic E-state index is 12.8. The van der Waals surface area contributed by atoms with Crippen LogP contribution >= 0.6 is 0 Å². The Balaban J connectivity index is 1.36. The maximum atomic E-state index is 12.8. The minimum atomic E-state index is -0.243. The summed E-state index contributed by atoms with van der Waals surface area (Å²) >= 11 is 0. The highest BCUT2D eigenvalue weighted by atomic mass is 16.5. The van der Waals surface area contributed by atoms with Crippen molar-refractivity contribution in [3.8, 4) is 0 Å². The highest BCUT2D eigenvalue weighted by molar-refractivity contribution is 5.81. The van der Waals surface area contributed by atoms with E-state index in [0.717, 1.165) is 69.3 Å². The quantitative estimate of drug-likeness (QED) is 0.822. The van der Waals surface area contributed by atoms with Crippen LogP contribution in [0, 0.1) is 18.8 Å². The smallest absolute Gasteiger partial charge is 0.251 e. The number of carbonyl (C=O) groups excluding carboxylic acids is 1. The molecule has 4 rings (SSSR count). The number of anilines is 1. The summed E-state index contributed by atoms with van der Waals surface area (Å²) in [6.45, 7) is 7.76. The normalized spacial score (nSPS) is 30.4. The molecule has 3 atom stereocenters. The van der Waals surface area contributed by atoms with Gasteiger partial charge in [-0.2, -0.15) is 5.10 Å². The van der Waals surface area contributed by atoms with E-state index < -0.39 is 0 Å². The molecule has 0 bridgehead atoms. The van der Waals surface area contributed by atoms with Crippen molar-refractivity contribution >= 4 is 11.7 Å². The topological polar surface area (TPSA) is 58.6 Å². The number of hydrogen-bond acceptors (Lipinski definition) is 5. The van der Waals surface area contributed by atoms with Crippen molar-refractivity contribution in [1.29, 1.82) is 0 Å². The molecule has 136 valence electrons. The minimum Gasteiger partial charge on any atom is -0.363 e. The lowest BCUT2D eigenvalue weighted by molar-refractivity contribution is -0.144. The monoisotopic (exact) mass is 344 g/mol. The molecule has 1 aromatic heterocycles. The summed E-state index contributed by atoms with van der Waals surface area (Å²) in [6, 6.07) is 4.02. The molecule has 6 heteroatoms. The number of nitrogens with zero attached hydrogens (tertiary/aromatic N) is 4. The molecule has 4 heterocycles. The lowest BCUT2D eigenvalue weighted by atomic mass is 9.91. The molecule has 0 aliphatic carbocycles. The van der Waals surface area contributed by atoms with E-state index in [4.69, 9.17) is 4.74 Å². The Morgan fingerprint density at radius 1 is 1.16 bits per heavy atom. The molecule has 0 unspecified atom stereocenters. The Labute approximate surface area is 149 Å². The van der Waals surface area contributed by atoms with Gasteiger partial charge in [-0.25, -0.2) is 0 Å². The summed E-state index contributed by atoms with van der Waals surface area (Å²) < 4.78 is 6.20. The molecule has 3 fully saturated rings. The fraction of sp³-hybridized carbons (Fsp3) is 0.737. The van der Waals surface area contributed by atoms with E-state index in [0.29, 0.717) is 5.92 Å². The number of piperidine rings is 2. The number of likely N-dealkylation sites (tertiary alicyclic amines) is 1. The molecule has 0 aromatic carbocycles. The van der Waals surface area contributed by atoms with Crippen LogP contribution in [-0.4, -0.2) is 59.4 Å². The maximum Gasteiger partial charge on any atom is 0.251 e. The first-order valence-corrected chi connectivity index (χ1v) is 9.59. The van der Waals surface area contributed by atoms with E-state index in [1.54, 1.807) is 0 Å². The molecule has 3 aliphatic heterocycles. The Kier molecular flexibility index (Phi) is 4.63. The van der Waals surface area contributed by atoms with Gasteiger partial charge in [0.2, 0.25) is 0 Å². The molecule has 1 aromatic rings. The molecule has 0 saturated carbocycles. The van der Waals surface area contributed by atoms with Gasteiger partial charge in [-0.05, 0) is 56.6 Å². The number of aromatic nitrogens is 2. The number of rotatable bonds is 2. The zero-order valence-corrected chi connectivity index (χ0v) is 15.2. The third-order valence-electron chi connectivity index (χ3n) is 6.03. The molecule has 0 N–H and O–H groups in total. The van der Waals surface area contributed by atoms with Gasteiger partial charge >= 0.3 is 0 Å². The van der Waals surface area contributed by atoms with Crippen molar-refractivity contribution in [2.75, 3.05) is 31.1 Å². The molecule has 3 saturated heterocycles. The van der Waals surface area contributed by atoms with Gasteiger partial charge < -0.3 is 14.5 Å². The second-order valence-electron chi connectivity index (χ2n) is 7.93. The van der Waals surface area contributed by atoms with Gasteiger partial charge in [-0.3, -0.25) is 4.79 Å². The van der Waals surface area contributed by atoms with E-state index in [1.165, 1.54) is 0 Å². The van der Waals surface area contributed by atoms with Crippen LogP contribution < -0.4 is 4.90 Å². The largest absolute Gasteiger partial charge is 0.363 e. The van der Waals surface area contributed by atoms with E-state index in [1.807, 2.05) is 24.0 Å². The average Bonchev–Trinajstić information content (AvgIpc) is 3.05. The van der Waals surface area contributed by atoms with Crippen LogP contribution in [0.2, 0.25) is 0 Å². The van der Waals surface area contributed by atoms with E-state index in [9.17, 15) is 4.79 Å². The summed E-state index contributed by atoms with van der Waals surface area (Å²) in [6.07, 6.45) is 4.06. The third-order valence-corrected chi connectivity index (χ3v) is 6.03. The molecule has 1 amide bonds. The number of carbonyl (C=O) groups is 1. The third kappa shape index (κ3) is 3.50. The highest BCUT2D eigenvalue weighted by Crippen LogP contribution is 2.35. The molecule has 25 heavy (non-hydrogen) atoms. The summed E-state index contributed by atoms with van der Waals surface area (Å²) in [5.74, 6) is 2.35. The van der Waals surface area contributed by atoms with Crippen LogP contribution in [0.5, 0.6) is 0 Å². The first-order valence-electron chi connectivity index (χ1n) is 9.59. The number of aryl methyl sites for hydroxylation is 1. The minimum absolute atomic E-state index is 0.134. The van der Waals surface area contributed by atoms with Crippen molar-refractivity contribution in [1.82, 2.24) is 15.1 Å². The van der Waals surface area contributed by atoms with Gasteiger partial charge in [-0.15, -0.1) is 5.10 Å². The van der Waals surface area contributed by atoms with E-state index >= 15 is 0 Å². The van der Waals surface area contributed by atoms with Crippen LogP contribution in [0.1, 0.15) is 38.3 Å². The number of fused-ring (bicyclic) bond motifs is 1. The summed E-state index contributed by atoms with van der Waals surface area (Å²) in [7, 11) is 0. The van der Waals surface area contributed by atoms with Crippen molar-refractivity contribution in [3.05, 3.63) is 17.8 Å². The Morgan fingerprint density at radius 2 is 1.96 bits per heavy atom. The van der Waals surface area contributed by atoms with Gasteiger partial charge in [-0.1, -0.05) is 6.92 Å². The van der Waals surface area contributed by atoms with Crippen LogP contribution in [0.15, 0.2) is 12.1 Å². The van der Waals surface area contributed by atoms with Gasteiger partial charge in [0.1, 0.15) is 6.10 Å². The number of hydrogen-bond donors (Lipinski definition) is 0. The van der Waals surface area contributed by atoms with Crippen molar-refractivity contribution in [2.24, 2.45) is 11.8 Å². The molecule has 0 spiro atoms. The molecule has 0 radical (unpaired) electrons. The first-order chi connectivity index (χ1) is 12.1. The van der Waals surface area contributed by atoms with Crippen molar-refractivity contribution in [3.63, 3.8) is 0 Å². The number of amides is 1. The van der Waals surface area contributed by atoms with E-state index in [-0.39, 0.29) is 18.1 Å². The summed E-state index contributed by atoms with van der Waals surface area (Å²) in [5, 5.41) is 8.45. The van der Waals surface area contributed by atoms with Gasteiger partial charge in [0.25, 0.3) is 5.91 Å². The Hall–Kier alpha value is -1.69. The first kappa shape index (κ1) is 16.8. The van der Waals surface area contributed by atoms with Crippen molar-refractivity contribution in [2.45, 2.75) is 51.7 Å². The Bertz CT molecular complexity index is 612. The van der Waals surface area contributed by atoms with Crippen LogP contribution in [0.4, 0.5) is 5.82 Å². The van der Waals surface area contributed by atoms with Gasteiger partial charge in [0.05, 0.1) is 11.8 Å². The average molecular weight is 344 g/mol. The SMILES string of the molecule is Cc1ccc(N2CC[C@H]3C[C@H](C(=O)N4CCC(C)CC4)O[C@H]3C2)nn1. The fourth-order valence-electron chi connectivity index (χ4n) is 4.29. The highest BCUT2D eigenvalue weighted by Gasteiger charge is 2.43. The van der Waals surface area contributed by atoms with Gasteiger partial charge in [0, 0.05) is 26.2 Å². The summed E-state index contributed by atoms with van der Waals surface area (Å²) in [5.41, 5.74) is 0.928. The van der Waals surface area contributed by atoms with E-state index in [2.05, 4.69) is 22.0 Å². The predicted molar refractivity (Wildman–Crippen MR) is 95.3 cm³/mol. The van der Waals surface area contributed by atoms with Crippen molar-refractivity contribution < 1.29 is 9.53 Å². The second-order valence-corrected chi connectivity index (χ2v) is 7.93. The molecule has 6 nitrogen and oxygen atoms in total. The zero-order chi connectivity index (χ0) is 17.4. The predicted octanol–water partition coefficient (Wildman–Crippen LogP) is 2.03. The zero-order valence-electron chi connectivity index (χ0n) is 15.2. The molecular weight excluding hydrogens is 316 g/mol. The van der Waals surface area contributed by atoms with Crippen LogP contribution in [0.3, 0.4) is 0 Å².